The van der Waals surface area contributed by atoms with Crippen LogP contribution in [0.4, 0.5) is 10.5 Å². The fourth-order valence-electron chi connectivity index (χ4n) is 3.49. The maximum Gasteiger partial charge on any atom is 0.314 e. The standard InChI is InChI=1S/C17H23ClN4O2/c18-14-4-1-5-15(11-14)20-7-9-21(10-8-20)16(23)13-3-2-6-22(12-13)17(19)24/h1,4-5,11,13H,2-3,6-10,12H2,(H2,19,24)/t13-/m0/s1. The summed E-state index contributed by atoms with van der Waals surface area (Å²) in [6.45, 7) is 4.07. The number of anilines is 1. The molecule has 2 aliphatic rings. The van der Waals surface area contributed by atoms with E-state index in [1.165, 1.54) is 0 Å². The van der Waals surface area contributed by atoms with Crippen molar-refractivity contribution in [1.82, 2.24) is 9.80 Å². The van der Waals surface area contributed by atoms with E-state index in [1.54, 1.807) is 4.90 Å². The lowest BCUT2D eigenvalue weighted by Crippen LogP contribution is -2.53. The third kappa shape index (κ3) is 3.75. The van der Waals surface area contributed by atoms with E-state index in [9.17, 15) is 9.59 Å². The minimum Gasteiger partial charge on any atom is -0.368 e. The molecule has 24 heavy (non-hydrogen) atoms. The molecule has 0 aromatic heterocycles. The first kappa shape index (κ1) is 16.9. The third-order valence-electron chi connectivity index (χ3n) is 4.85. The molecule has 3 amide bonds. The number of nitrogens with zero attached hydrogens (tertiary/aromatic N) is 3. The number of halogens is 1. The molecule has 0 saturated carbocycles. The smallest absolute Gasteiger partial charge is 0.314 e. The second kappa shape index (κ2) is 7.30. The molecular formula is C17H23ClN4O2. The molecule has 2 saturated heterocycles. The van der Waals surface area contributed by atoms with Crippen LogP contribution in [-0.2, 0) is 4.79 Å². The quantitative estimate of drug-likeness (QED) is 0.883. The lowest BCUT2D eigenvalue weighted by molar-refractivity contribution is -0.137. The molecule has 2 heterocycles. The van der Waals surface area contributed by atoms with Gasteiger partial charge in [-0.3, -0.25) is 4.79 Å². The van der Waals surface area contributed by atoms with Crippen molar-refractivity contribution in [3.8, 4) is 0 Å². The minimum absolute atomic E-state index is 0.121. The van der Waals surface area contributed by atoms with Crippen LogP contribution in [0, 0.1) is 5.92 Å². The molecule has 0 radical (unpaired) electrons. The van der Waals surface area contributed by atoms with Crippen molar-refractivity contribution < 1.29 is 9.59 Å². The van der Waals surface area contributed by atoms with Crippen molar-refractivity contribution in [3.05, 3.63) is 29.3 Å². The van der Waals surface area contributed by atoms with Crippen LogP contribution in [0.15, 0.2) is 24.3 Å². The summed E-state index contributed by atoms with van der Waals surface area (Å²) in [5.74, 6) is 0.0238. The van der Waals surface area contributed by atoms with E-state index in [-0.39, 0.29) is 11.8 Å². The Labute approximate surface area is 147 Å². The van der Waals surface area contributed by atoms with E-state index in [0.717, 1.165) is 36.6 Å². The van der Waals surface area contributed by atoms with Crippen molar-refractivity contribution in [2.24, 2.45) is 11.7 Å². The molecule has 2 N–H and O–H groups in total. The molecule has 2 aliphatic heterocycles. The number of piperazine rings is 1. The average molecular weight is 351 g/mol. The van der Waals surface area contributed by atoms with Gasteiger partial charge >= 0.3 is 6.03 Å². The molecule has 1 aromatic carbocycles. The van der Waals surface area contributed by atoms with Gasteiger partial charge in [-0.2, -0.15) is 0 Å². The van der Waals surface area contributed by atoms with E-state index in [4.69, 9.17) is 17.3 Å². The molecule has 0 aliphatic carbocycles. The number of piperidine rings is 1. The van der Waals surface area contributed by atoms with Gasteiger partial charge in [-0.1, -0.05) is 17.7 Å². The molecule has 1 atom stereocenters. The van der Waals surface area contributed by atoms with Crippen LogP contribution in [0.25, 0.3) is 0 Å². The fourth-order valence-corrected chi connectivity index (χ4v) is 3.68. The van der Waals surface area contributed by atoms with Crippen molar-refractivity contribution in [3.63, 3.8) is 0 Å². The van der Waals surface area contributed by atoms with Gasteiger partial charge in [-0.05, 0) is 31.0 Å². The molecule has 0 bridgehead atoms. The van der Waals surface area contributed by atoms with Gasteiger partial charge in [0.05, 0.1) is 5.92 Å². The van der Waals surface area contributed by atoms with E-state index in [1.807, 2.05) is 29.2 Å². The van der Waals surface area contributed by atoms with Crippen molar-refractivity contribution >= 4 is 29.2 Å². The first-order chi connectivity index (χ1) is 11.5. The summed E-state index contributed by atoms with van der Waals surface area (Å²) in [6.07, 6.45) is 1.67. The average Bonchev–Trinajstić information content (AvgIpc) is 2.61. The Balaban J connectivity index is 1.56. The second-order valence-corrected chi connectivity index (χ2v) is 6.85. The van der Waals surface area contributed by atoms with Crippen LogP contribution in [0.5, 0.6) is 0 Å². The van der Waals surface area contributed by atoms with Crippen LogP contribution in [0.2, 0.25) is 5.02 Å². The van der Waals surface area contributed by atoms with Crippen LogP contribution < -0.4 is 10.6 Å². The molecule has 1 aromatic rings. The molecule has 130 valence electrons. The van der Waals surface area contributed by atoms with Crippen LogP contribution in [-0.4, -0.2) is 61.0 Å². The van der Waals surface area contributed by atoms with Crippen LogP contribution in [0.3, 0.4) is 0 Å². The number of hydrogen-bond donors (Lipinski definition) is 1. The predicted molar refractivity (Wildman–Crippen MR) is 94.1 cm³/mol. The topological polar surface area (TPSA) is 69.9 Å². The van der Waals surface area contributed by atoms with E-state index in [2.05, 4.69) is 4.90 Å². The number of carbonyl (C=O) groups is 2. The number of benzene rings is 1. The van der Waals surface area contributed by atoms with Crippen molar-refractivity contribution in [2.45, 2.75) is 12.8 Å². The van der Waals surface area contributed by atoms with Gasteiger partial charge in [0.25, 0.3) is 0 Å². The Hall–Kier alpha value is -1.95. The number of urea groups is 1. The minimum atomic E-state index is -0.432. The molecular weight excluding hydrogens is 328 g/mol. The summed E-state index contributed by atoms with van der Waals surface area (Å²) >= 11 is 6.05. The summed E-state index contributed by atoms with van der Waals surface area (Å²) in [5, 5.41) is 0.722. The van der Waals surface area contributed by atoms with Gasteiger partial charge in [-0.15, -0.1) is 0 Å². The van der Waals surface area contributed by atoms with Gasteiger partial charge in [0.15, 0.2) is 0 Å². The van der Waals surface area contributed by atoms with Gasteiger partial charge in [0, 0.05) is 50.0 Å². The first-order valence-corrected chi connectivity index (χ1v) is 8.76. The Morgan fingerprint density at radius 1 is 1.08 bits per heavy atom. The molecule has 0 unspecified atom stereocenters. The second-order valence-electron chi connectivity index (χ2n) is 6.42. The lowest BCUT2D eigenvalue weighted by atomic mass is 9.96. The van der Waals surface area contributed by atoms with Gasteiger partial charge in [0.1, 0.15) is 0 Å². The summed E-state index contributed by atoms with van der Waals surface area (Å²) in [6, 6.07) is 7.35. The first-order valence-electron chi connectivity index (χ1n) is 8.38. The number of amides is 3. The molecule has 2 fully saturated rings. The number of nitrogens with two attached hydrogens (primary N) is 1. The largest absolute Gasteiger partial charge is 0.368 e. The fraction of sp³-hybridized carbons (Fsp3) is 0.529. The summed E-state index contributed by atoms with van der Waals surface area (Å²) in [5.41, 5.74) is 6.44. The number of likely N-dealkylation sites (tertiary alicyclic amines) is 1. The van der Waals surface area contributed by atoms with E-state index in [0.29, 0.717) is 26.2 Å². The highest BCUT2D eigenvalue weighted by molar-refractivity contribution is 6.30. The predicted octanol–water partition coefficient (Wildman–Crippen LogP) is 1.78. The SMILES string of the molecule is NC(=O)N1CCC[C@H](C(=O)N2CCN(c3cccc(Cl)c3)CC2)C1. The van der Waals surface area contributed by atoms with Gasteiger partial charge < -0.3 is 20.4 Å². The molecule has 7 heteroatoms. The number of carbonyl (C=O) groups excluding carboxylic acids is 2. The zero-order valence-corrected chi connectivity index (χ0v) is 14.4. The number of rotatable bonds is 2. The maximum atomic E-state index is 12.7. The molecule has 0 spiro atoms. The van der Waals surface area contributed by atoms with Gasteiger partial charge in [0.2, 0.25) is 5.91 Å². The zero-order valence-electron chi connectivity index (χ0n) is 13.7. The van der Waals surface area contributed by atoms with Crippen LogP contribution in [0.1, 0.15) is 12.8 Å². The van der Waals surface area contributed by atoms with E-state index < -0.39 is 6.03 Å². The van der Waals surface area contributed by atoms with E-state index >= 15 is 0 Å². The molecule has 6 nitrogen and oxygen atoms in total. The Morgan fingerprint density at radius 3 is 2.50 bits per heavy atom. The summed E-state index contributed by atoms with van der Waals surface area (Å²) in [4.78, 5) is 29.8. The highest BCUT2D eigenvalue weighted by atomic mass is 35.5. The normalized spacial score (nSPS) is 21.7. The highest BCUT2D eigenvalue weighted by Gasteiger charge is 2.32. The van der Waals surface area contributed by atoms with Crippen LogP contribution >= 0.6 is 11.6 Å². The zero-order chi connectivity index (χ0) is 17.1. The van der Waals surface area contributed by atoms with Crippen molar-refractivity contribution in [2.75, 3.05) is 44.2 Å². The Bertz CT molecular complexity index is 616. The Kier molecular flexibility index (Phi) is 5.14. The highest BCUT2D eigenvalue weighted by Crippen LogP contribution is 2.23. The lowest BCUT2D eigenvalue weighted by Gasteiger charge is -2.39. The summed E-state index contributed by atoms with van der Waals surface area (Å²) < 4.78 is 0. The Morgan fingerprint density at radius 2 is 1.83 bits per heavy atom. The molecule has 3 rings (SSSR count). The van der Waals surface area contributed by atoms with Crippen molar-refractivity contribution in [1.29, 1.82) is 0 Å². The number of hydrogen-bond acceptors (Lipinski definition) is 3. The summed E-state index contributed by atoms with van der Waals surface area (Å²) in [7, 11) is 0. The maximum absolute atomic E-state index is 12.7. The van der Waals surface area contributed by atoms with Gasteiger partial charge in [-0.25, -0.2) is 4.79 Å². The number of primary amides is 1. The monoisotopic (exact) mass is 350 g/mol. The third-order valence-corrected chi connectivity index (χ3v) is 5.08.